The fraction of sp³-hybridized carbons (Fsp3) is 0.167. The molecule has 0 aliphatic carbocycles. The van der Waals surface area contributed by atoms with Crippen molar-refractivity contribution in [2.24, 2.45) is 0 Å². The van der Waals surface area contributed by atoms with E-state index in [-0.39, 0.29) is 5.75 Å². The van der Waals surface area contributed by atoms with E-state index in [0.29, 0.717) is 22.2 Å². The fourth-order valence-electron chi connectivity index (χ4n) is 2.51. The molecule has 0 saturated heterocycles. The van der Waals surface area contributed by atoms with Crippen molar-refractivity contribution in [2.75, 3.05) is 4.72 Å². The maximum Gasteiger partial charge on any atom is 0.236 e. The number of aromatic nitrogens is 1. The minimum atomic E-state index is -3.51. The molecule has 2 aromatic carbocycles. The summed E-state index contributed by atoms with van der Waals surface area (Å²) in [7, 11) is -3.51. The number of nitrogens with one attached hydrogen (secondary N) is 1. The lowest BCUT2D eigenvalue weighted by Gasteiger charge is -2.09. The molecule has 0 fully saturated rings. The summed E-state index contributed by atoms with van der Waals surface area (Å²) in [5.74, 6) is 1.21. The molecular formula is C18H17ClN2O3S. The van der Waals surface area contributed by atoms with E-state index in [0.717, 1.165) is 17.0 Å². The summed E-state index contributed by atoms with van der Waals surface area (Å²) in [5, 5.41) is 0.572. The maximum atomic E-state index is 12.3. The van der Waals surface area contributed by atoms with E-state index in [1.54, 1.807) is 43.3 Å². The Morgan fingerprint density at radius 3 is 2.24 bits per heavy atom. The minimum Gasteiger partial charge on any atom is -0.446 e. The van der Waals surface area contributed by atoms with Crippen molar-refractivity contribution in [1.82, 2.24) is 4.98 Å². The topological polar surface area (TPSA) is 72.2 Å². The third-order valence-electron chi connectivity index (χ3n) is 3.61. The van der Waals surface area contributed by atoms with Crippen molar-refractivity contribution in [3.63, 3.8) is 0 Å². The highest BCUT2D eigenvalue weighted by atomic mass is 35.5. The van der Waals surface area contributed by atoms with Crippen LogP contribution >= 0.6 is 11.6 Å². The maximum absolute atomic E-state index is 12.3. The van der Waals surface area contributed by atoms with E-state index >= 15 is 0 Å². The van der Waals surface area contributed by atoms with Gasteiger partial charge in [-0.15, -0.1) is 0 Å². The van der Waals surface area contributed by atoms with Crippen LogP contribution in [-0.2, 0) is 15.8 Å². The van der Waals surface area contributed by atoms with Crippen LogP contribution in [0.15, 0.2) is 52.9 Å². The Kier molecular flexibility index (Phi) is 4.83. The number of aryl methyl sites for hydroxylation is 2. The lowest BCUT2D eigenvalue weighted by atomic mass is 10.1. The monoisotopic (exact) mass is 376 g/mol. The molecule has 1 heterocycles. The number of nitrogens with zero attached hydrogens (tertiary/aromatic N) is 1. The number of rotatable bonds is 5. The smallest absolute Gasteiger partial charge is 0.236 e. The summed E-state index contributed by atoms with van der Waals surface area (Å²) in [5.41, 5.74) is 2.79. The zero-order valence-corrected chi connectivity index (χ0v) is 15.4. The molecule has 0 aliphatic rings. The van der Waals surface area contributed by atoms with Gasteiger partial charge < -0.3 is 4.42 Å². The third-order valence-corrected chi connectivity index (χ3v) is 5.12. The average Bonchev–Trinajstić information content (AvgIpc) is 2.88. The van der Waals surface area contributed by atoms with Crippen molar-refractivity contribution < 1.29 is 12.8 Å². The van der Waals surface area contributed by atoms with Crippen molar-refractivity contribution in [2.45, 2.75) is 19.6 Å². The molecule has 0 amide bonds. The summed E-state index contributed by atoms with van der Waals surface area (Å²) >= 11 is 5.81. The molecule has 0 radical (unpaired) electrons. The van der Waals surface area contributed by atoms with Gasteiger partial charge in [-0.05, 0) is 36.8 Å². The van der Waals surface area contributed by atoms with Gasteiger partial charge in [0.2, 0.25) is 10.0 Å². The Hall–Kier alpha value is -2.31. The van der Waals surface area contributed by atoms with Crippen LogP contribution in [0.1, 0.15) is 17.2 Å². The van der Waals surface area contributed by atoms with E-state index in [9.17, 15) is 8.42 Å². The Morgan fingerprint density at radius 1 is 1.04 bits per heavy atom. The Bertz CT molecular complexity index is 978. The van der Waals surface area contributed by atoms with Gasteiger partial charge in [0.05, 0.1) is 5.75 Å². The van der Waals surface area contributed by atoms with E-state index in [1.807, 2.05) is 19.1 Å². The van der Waals surface area contributed by atoms with Crippen LogP contribution in [0.4, 0.5) is 5.69 Å². The molecule has 3 rings (SSSR count). The number of halogens is 1. The molecule has 0 unspecified atom stereocenters. The molecule has 0 bridgehead atoms. The van der Waals surface area contributed by atoms with Gasteiger partial charge in [0, 0.05) is 23.2 Å². The molecule has 7 heteroatoms. The van der Waals surface area contributed by atoms with Crippen LogP contribution in [-0.4, -0.2) is 13.4 Å². The zero-order chi connectivity index (χ0) is 18.0. The van der Waals surface area contributed by atoms with Crippen molar-refractivity contribution in [3.8, 4) is 11.3 Å². The molecule has 3 aromatic rings. The molecule has 5 nitrogen and oxygen atoms in total. The summed E-state index contributed by atoms with van der Waals surface area (Å²) < 4.78 is 32.6. The lowest BCUT2D eigenvalue weighted by Crippen LogP contribution is -2.14. The second kappa shape index (κ2) is 6.90. The predicted octanol–water partition coefficient (Wildman–Crippen LogP) is 4.55. The first kappa shape index (κ1) is 17.5. The second-order valence-electron chi connectivity index (χ2n) is 5.70. The molecule has 1 N–H and O–H groups in total. The first-order chi connectivity index (χ1) is 11.8. The molecule has 130 valence electrons. The van der Waals surface area contributed by atoms with Crippen molar-refractivity contribution in [3.05, 3.63) is 70.8 Å². The van der Waals surface area contributed by atoms with Crippen molar-refractivity contribution in [1.29, 1.82) is 0 Å². The van der Waals surface area contributed by atoms with E-state index < -0.39 is 10.0 Å². The van der Waals surface area contributed by atoms with Crippen LogP contribution in [0.25, 0.3) is 11.3 Å². The molecule has 0 spiro atoms. The lowest BCUT2D eigenvalue weighted by molar-refractivity contribution is 0.495. The molecular weight excluding hydrogens is 360 g/mol. The molecule has 25 heavy (non-hydrogen) atoms. The van der Waals surface area contributed by atoms with Gasteiger partial charge >= 0.3 is 0 Å². The zero-order valence-electron chi connectivity index (χ0n) is 13.8. The minimum absolute atomic E-state index is 0.118. The average molecular weight is 377 g/mol. The third kappa shape index (κ3) is 4.41. The van der Waals surface area contributed by atoms with Crippen LogP contribution in [0, 0.1) is 13.8 Å². The van der Waals surface area contributed by atoms with Crippen LogP contribution in [0.5, 0.6) is 0 Å². The summed E-state index contributed by atoms with van der Waals surface area (Å²) in [6.07, 6.45) is 0. The van der Waals surface area contributed by atoms with Gasteiger partial charge in [-0.3, -0.25) is 4.72 Å². The SMILES string of the molecule is Cc1nc(-c2ccc(NS(=O)(=O)Cc3ccc(Cl)cc3)cc2)c(C)o1. The van der Waals surface area contributed by atoms with E-state index in [4.69, 9.17) is 16.0 Å². The molecule has 0 aliphatic heterocycles. The first-order valence-corrected chi connectivity index (χ1v) is 9.65. The van der Waals surface area contributed by atoms with Gasteiger partial charge in [-0.25, -0.2) is 13.4 Å². The normalized spacial score (nSPS) is 11.5. The standard InChI is InChI=1S/C18H17ClN2O3S/c1-12-18(20-13(2)24-12)15-5-9-17(10-6-15)21-25(22,23)11-14-3-7-16(19)8-4-14/h3-10,21H,11H2,1-2H3. The number of hydrogen-bond donors (Lipinski definition) is 1. The van der Waals surface area contributed by atoms with E-state index in [1.165, 1.54) is 0 Å². The Labute approximate surface area is 151 Å². The Balaban J connectivity index is 1.74. The molecule has 1 aromatic heterocycles. The number of anilines is 1. The second-order valence-corrected chi connectivity index (χ2v) is 7.86. The largest absolute Gasteiger partial charge is 0.446 e. The first-order valence-electron chi connectivity index (χ1n) is 7.62. The van der Waals surface area contributed by atoms with Gasteiger partial charge in [0.1, 0.15) is 11.5 Å². The summed E-state index contributed by atoms with van der Waals surface area (Å²) in [6, 6.07) is 13.8. The summed E-state index contributed by atoms with van der Waals surface area (Å²) in [4.78, 5) is 4.33. The number of oxazole rings is 1. The quantitative estimate of drug-likeness (QED) is 0.708. The van der Waals surface area contributed by atoms with Gasteiger partial charge in [-0.2, -0.15) is 0 Å². The summed E-state index contributed by atoms with van der Waals surface area (Å²) in [6.45, 7) is 3.63. The van der Waals surface area contributed by atoms with Crippen LogP contribution in [0.3, 0.4) is 0 Å². The van der Waals surface area contributed by atoms with Crippen LogP contribution in [0.2, 0.25) is 5.02 Å². The molecule has 0 atom stereocenters. The number of hydrogen-bond acceptors (Lipinski definition) is 4. The highest BCUT2D eigenvalue weighted by Gasteiger charge is 2.13. The van der Waals surface area contributed by atoms with E-state index in [2.05, 4.69) is 9.71 Å². The predicted molar refractivity (Wildman–Crippen MR) is 99.1 cm³/mol. The fourth-order valence-corrected chi connectivity index (χ4v) is 3.83. The molecule has 0 saturated carbocycles. The highest BCUT2D eigenvalue weighted by molar-refractivity contribution is 7.91. The number of benzene rings is 2. The number of sulfonamides is 1. The van der Waals surface area contributed by atoms with Gasteiger partial charge in [0.25, 0.3) is 0 Å². The Morgan fingerprint density at radius 2 is 1.68 bits per heavy atom. The van der Waals surface area contributed by atoms with Crippen LogP contribution < -0.4 is 4.72 Å². The van der Waals surface area contributed by atoms with Crippen molar-refractivity contribution >= 4 is 27.3 Å². The highest BCUT2D eigenvalue weighted by Crippen LogP contribution is 2.25. The van der Waals surface area contributed by atoms with Gasteiger partial charge in [0.15, 0.2) is 5.89 Å². The van der Waals surface area contributed by atoms with Gasteiger partial charge in [-0.1, -0.05) is 35.9 Å².